The molecule has 0 saturated carbocycles. The molecular formula is C14H22N2O. The highest BCUT2D eigenvalue weighted by Crippen LogP contribution is 2.22. The Morgan fingerprint density at radius 2 is 2.06 bits per heavy atom. The second-order valence-corrected chi connectivity index (χ2v) is 4.40. The lowest BCUT2D eigenvalue weighted by Crippen LogP contribution is -2.13. The summed E-state index contributed by atoms with van der Waals surface area (Å²) in [4.78, 5) is 11.7. The average molecular weight is 234 g/mol. The minimum absolute atomic E-state index is 0.0575. The van der Waals surface area contributed by atoms with E-state index in [2.05, 4.69) is 12.2 Å². The quantitative estimate of drug-likeness (QED) is 0.584. The summed E-state index contributed by atoms with van der Waals surface area (Å²) in [7, 11) is 0. The summed E-state index contributed by atoms with van der Waals surface area (Å²) < 4.78 is 0. The number of nitrogens with one attached hydrogen (secondary N) is 1. The van der Waals surface area contributed by atoms with E-state index < -0.39 is 0 Å². The summed E-state index contributed by atoms with van der Waals surface area (Å²) in [5, 5.41) is 2.89. The van der Waals surface area contributed by atoms with Crippen molar-refractivity contribution in [2.45, 2.75) is 46.0 Å². The molecule has 0 radical (unpaired) electrons. The summed E-state index contributed by atoms with van der Waals surface area (Å²) in [5.41, 5.74) is 8.23. The van der Waals surface area contributed by atoms with Crippen LogP contribution < -0.4 is 11.1 Å². The molecule has 0 spiro atoms. The number of para-hydroxylation sites is 1. The Balaban J connectivity index is 2.45. The van der Waals surface area contributed by atoms with Gasteiger partial charge in [0.1, 0.15) is 0 Å². The van der Waals surface area contributed by atoms with Crippen LogP contribution in [-0.2, 0) is 4.79 Å². The van der Waals surface area contributed by atoms with Crippen LogP contribution in [0.4, 0.5) is 11.4 Å². The van der Waals surface area contributed by atoms with E-state index in [1.165, 1.54) is 12.8 Å². The molecule has 0 aromatic heterocycles. The number of carbonyl (C=O) groups is 1. The number of amides is 1. The van der Waals surface area contributed by atoms with E-state index in [1.807, 2.05) is 19.1 Å². The fraction of sp³-hybridized carbons (Fsp3) is 0.500. The van der Waals surface area contributed by atoms with Crippen LogP contribution in [0, 0.1) is 6.92 Å². The second kappa shape index (κ2) is 6.94. The van der Waals surface area contributed by atoms with Crippen LogP contribution in [0.3, 0.4) is 0 Å². The average Bonchev–Trinajstić information content (AvgIpc) is 2.30. The lowest BCUT2D eigenvalue weighted by atomic mass is 10.1. The van der Waals surface area contributed by atoms with Crippen LogP contribution >= 0.6 is 0 Å². The first-order valence-corrected chi connectivity index (χ1v) is 6.30. The predicted octanol–water partition coefficient (Wildman–Crippen LogP) is 3.49. The molecule has 0 bridgehead atoms. The number of nitrogen functional groups attached to an aromatic ring is 1. The number of carbonyl (C=O) groups excluding carboxylic acids is 1. The van der Waals surface area contributed by atoms with E-state index >= 15 is 0 Å². The van der Waals surface area contributed by atoms with Crippen LogP contribution in [0.1, 0.15) is 44.6 Å². The fourth-order valence-electron chi connectivity index (χ4n) is 1.78. The molecule has 0 aliphatic heterocycles. The predicted molar refractivity (Wildman–Crippen MR) is 73.0 cm³/mol. The van der Waals surface area contributed by atoms with Gasteiger partial charge in [0, 0.05) is 6.42 Å². The highest BCUT2D eigenvalue weighted by Gasteiger charge is 2.07. The van der Waals surface area contributed by atoms with Crippen molar-refractivity contribution in [2.75, 3.05) is 11.1 Å². The van der Waals surface area contributed by atoms with E-state index in [0.717, 1.165) is 24.1 Å². The van der Waals surface area contributed by atoms with Gasteiger partial charge >= 0.3 is 0 Å². The number of hydrogen-bond acceptors (Lipinski definition) is 2. The molecule has 1 rings (SSSR count). The zero-order chi connectivity index (χ0) is 12.7. The second-order valence-electron chi connectivity index (χ2n) is 4.40. The molecule has 1 aromatic carbocycles. The number of nitrogens with two attached hydrogens (primary N) is 1. The van der Waals surface area contributed by atoms with Gasteiger partial charge in [-0.2, -0.15) is 0 Å². The van der Waals surface area contributed by atoms with Gasteiger partial charge in [0.15, 0.2) is 0 Å². The molecule has 0 saturated heterocycles. The smallest absolute Gasteiger partial charge is 0.224 e. The van der Waals surface area contributed by atoms with E-state index in [-0.39, 0.29) is 5.91 Å². The third-order valence-corrected chi connectivity index (χ3v) is 2.83. The van der Waals surface area contributed by atoms with Crippen molar-refractivity contribution in [1.29, 1.82) is 0 Å². The highest BCUT2D eigenvalue weighted by molar-refractivity contribution is 5.94. The first-order valence-electron chi connectivity index (χ1n) is 6.30. The number of unbranched alkanes of at least 4 members (excludes halogenated alkanes) is 3. The molecule has 3 N–H and O–H groups in total. The molecule has 3 nitrogen and oxygen atoms in total. The maximum absolute atomic E-state index is 11.7. The van der Waals surface area contributed by atoms with E-state index in [0.29, 0.717) is 12.1 Å². The molecule has 0 aliphatic carbocycles. The van der Waals surface area contributed by atoms with Crippen molar-refractivity contribution in [3.8, 4) is 0 Å². The van der Waals surface area contributed by atoms with Gasteiger partial charge in [-0.25, -0.2) is 0 Å². The minimum Gasteiger partial charge on any atom is -0.397 e. The van der Waals surface area contributed by atoms with Gasteiger partial charge in [-0.1, -0.05) is 38.3 Å². The third kappa shape index (κ3) is 4.47. The monoisotopic (exact) mass is 234 g/mol. The van der Waals surface area contributed by atoms with Gasteiger partial charge in [0.2, 0.25) is 5.91 Å². The maximum Gasteiger partial charge on any atom is 0.224 e. The number of hydrogen-bond donors (Lipinski definition) is 2. The minimum atomic E-state index is 0.0575. The van der Waals surface area contributed by atoms with E-state index in [4.69, 9.17) is 5.73 Å². The molecule has 0 atom stereocenters. The van der Waals surface area contributed by atoms with Crippen LogP contribution in [0.25, 0.3) is 0 Å². The standard InChI is InChI=1S/C14H22N2O/c1-3-4-5-6-10-13(17)16-14-11(2)8-7-9-12(14)15/h7-9H,3-6,10,15H2,1-2H3,(H,16,17). The molecule has 3 heteroatoms. The van der Waals surface area contributed by atoms with Gasteiger partial charge in [0.25, 0.3) is 0 Å². The van der Waals surface area contributed by atoms with Crippen molar-refractivity contribution in [1.82, 2.24) is 0 Å². The topological polar surface area (TPSA) is 55.1 Å². The Labute approximate surface area is 103 Å². The Morgan fingerprint density at radius 3 is 2.71 bits per heavy atom. The molecule has 1 aromatic rings. The van der Waals surface area contributed by atoms with Gasteiger partial charge in [0.05, 0.1) is 11.4 Å². The molecule has 0 heterocycles. The summed E-state index contributed by atoms with van der Waals surface area (Å²) in [6.07, 6.45) is 5.03. The third-order valence-electron chi connectivity index (χ3n) is 2.83. The largest absolute Gasteiger partial charge is 0.397 e. The number of rotatable bonds is 6. The summed E-state index contributed by atoms with van der Waals surface area (Å²) in [5.74, 6) is 0.0575. The van der Waals surface area contributed by atoms with Gasteiger partial charge in [-0.3, -0.25) is 4.79 Å². The Bertz CT molecular complexity index is 354. The van der Waals surface area contributed by atoms with Crippen molar-refractivity contribution >= 4 is 17.3 Å². The van der Waals surface area contributed by atoms with Crippen LogP contribution in [0.2, 0.25) is 0 Å². The first-order chi connectivity index (χ1) is 8.15. The van der Waals surface area contributed by atoms with Crippen molar-refractivity contribution in [3.05, 3.63) is 23.8 Å². The zero-order valence-corrected chi connectivity index (χ0v) is 10.8. The first kappa shape index (κ1) is 13.6. The van der Waals surface area contributed by atoms with Gasteiger partial charge in [-0.15, -0.1) is 0 Å². The Hall–Kier alpha value is -1.51. The zero-order valence-electron chi connectivity index (χ0n) is 10.8. The van der Waals surface area contributed by atoms with Crippen LogP contribution in [0.15, 0.2) is 18.2 Å². The SMILES string of the molecule is CCCCCCC(=O)Nc1c(C)cccc1N. The van der Waals surface area contributed by atoms with Gasteiger partial charge in [-0.05, 0) is 25.0 Å². The Kier molecular flexibility index (Phi) is 5.53. The molecule has 0 fully saturated rings. The summed E-state index contributed by atoms with van der Waals surface area (Å²) >= 11 is 0. The molecule has 1 amide bonds. The Morgan fingerprint density at radius 1 is 1.29 bits per heavy atom. The van der Waals surface area contributed by atoms with E-state index in [9.17, 15) is 4.79 Å². The lowest BCUT2D eigenvalue weighted by molar-refractivity contribution is -0.116. The summed E-state index contributed by atoms with van der Waals surface area (Å²) in [6, 6.07) is 5.64. The normalized spacial score (nSPS) is 10.2. The maximum atomic E-state index is 11.7. The van der Waals surface area contributed by atoms with Crippen molar-refractivity contribution in [3.63, 3.8) is 0 Å². The molecule has 17 heavy (non-hydrogen) atoms. The van der Waals surface area contributed by atoms with Crippen LogP contribution in [-0.4, -0.2) is 5.91 Å². The number of anilines is 2. The fourth-order valence-corrected chi connectivity index (χ4v) is 1.78. The van der Waals surface area contributed by atoms with E-state index in [1.54, 1.807) is 6.07 Å². The van der Waals surface area contributed by atoms with Crippen molar-refractivity contribution in [2.24, 2.45) is 0 Å². The molecule has 0 unspecified atom stereocenters. The highest BCUT2D eigenvalue weighted by atomic mass is 16.1. The molecule has 0 aliphatic rings. The van der Waals surface area contributed by atoms with Gasteiger partial charge < -0.3 is 11.1 Å². The van der Waals surface area contributed by atoms with Crippen LogP contribution in [0.5, 0.6) is 0 Å². The van der Waals surface area contributed by atoms with Crippen molar-refractivity contribution < 1.29 is 4.79 Å². The number of aryl methyl sites for hydroxylation is 1. The molecular weight excluding hydrogens is 212 g/mol. The lowest BCUT2D eigenvalue weighted by Gasteiger charge is -2.10. The number of benzene rings is 1. The molecule has 94 valence electrons. The summed E-state index contributed by atoms with van der Waals surface area (Å²) in [6.45, 7) is 4.11.